The summed E-state index contributed by atoms with van der Waals surface area (Å²) in [5.41, 5.74) is 2.31. The lowest BCUT2D eigenvalue weighted by Crippen LogP contribution is -2.34. The van der Waals surface area contributed by atoms with Crippen LogP contribution in [0.4, 0.5) is 0 Å². The molecule has 0 bridgehead atoms. The predicted octanol–water partition coefficient (Wildman–Crippen LogP) is 3.29. The summed E-state index contributed by atoms with van der Waals surface area (Å²) in [4.78, 5) is 2.46. The molecule has 1 saturated carbocycles. The highest BCUT2D eigenvalue weighted by Crippen LogP contribution is 2.33. The van der Waals surface area contributed by atoms with E-state index in [1.165, 1.54) is 44.9 Å². The van der Waals surface area contributed by atoms with Crippen molar-refractivity contribution in [1.82, 2.24) is 19.8 Å². The molecule has 1 N–H and O–H groups in total. The molecule has 2 aromatic heterocycles. The van der Waals surface area contributed by atoms with Gasteiger partial charge in [-0.2, -0.15) is 5.10 Å². The van der Waals surface area contributed by atoms with Crippen LogP contribution in [0, 0.1) is 0 Å². The molecule has 26 heavy (non-hydrogen) atoms. The Morgan fingerprint density at radius 2 is 1.92 bits per heavy atom. The minimum absolute atomic E-state index is 0.132. The molecule has 4 rings (SSSR count). The van der Waals surface area contributed by atoms with E-state index in [9.17, 15) is 0 Å². The fourth-order valence-electron chi connectivity index (χ4n) is 4.48. The molecule has 2 aromatic rings. The van der Waals surface area contributed by atoms with Crippen LogP contribution in [0.1, 0.15) is 73.9 Å². The van der Waals surface area contributed by atoms with E-state index in [4.69, 9.17) is 9.63 Å². The van der Waals surface area contributed by atoms with Gasteiger partial charge in [0.15, 0.2) is 5.76 Å². The lowest BCUT2D eigenvalue weighted by molar-refractivity contribution is 0.178. The van der Waals surface area contributed by atoms with Crippen LogP contribution in [-0.4, -0.2) is 44.6 Å². The van der Waals surface area contributed by atoms with Crippen molar-refractivity contribution in [2.75, 3.05) is 19.7 Å². The van der Waals surface area contributed by atoms with E-state index in [0.717, 1.165) is 36.8 Å². The summed E-state index contributed by atoms with van der Waals surface area (Å²) in [7, 11) is 0. The zero-order valence-corrected chi connectivity index (χ0v) is 15.5. The van der Waals surface area contributed by atoms with E-state index in [1.54, 1.807) is 0 Å². The standard InChI is InChI=1S/C20H30N4O2/c25-12-11-24-10-8-19(21-24)17-7-4-9-23(14-17)15-18-13-20(22-26-18)16-5-2-1-3-6-16/h8,10,13,16-17,25H,1-7,9,11-12,14-15H2. The van der Waals surface area contributed by atoms with Crippen molar-refractivity contribution in [2.24, 2.45) is 0 Å². The van der Waals surface area contributed by atoms with E-state index in [0.29, 0.717) is 18.4 Å². The molecule has 6 heteroatoms. The van der Waals surface area contributed by atoms with Crippen LogP contribution in [0.15, 0.2) is 22.9 Å². The van der Waals surface area contributed by atoms with E-state index in [-0.39, 0.29) is 6.61 Å². The molecule has 1 unspecified atom stereocenters. The zero-order chi connectivity index (χ0) is 17.8. The second-order valence-electron chi connectivity index (χ2n) is 7.85. The monoisotopic (exact) mass is 358 g/mol. The number of piperidine rings is 1. The molecule has 6 nitrogen and oxygen atoms in total. The summed E-state index contributed by atoms with van der Waals surface area (Å²) in [6.45, 7) is 3.65. The van der Waals surface area contributed by atoms with Gasteiger partial charge >= 0.3 is 0 Å². The molecule has 0 spiro atoms. The van der Waals surface area contributed by atoms with Crippen molar-refractivity contribution >= 4 is 0 Å². The minimum atomic E-state index is 0.132. The number of nitrogens with zero attached hydrogens (tertiary/aromatic N) is 4. The SMILES string of the molecule is OCCn1ccc(C2CCCN(Cc3cc(C4CCCCC4)no3)C2)n1. The van der Waals surface area contributed by atoms with Gasteiger partial charge in [0.25, 0.3) is 0 Å². The quantitative estimate of drug-likeness (QED) is 0.858. The summed E-state index contributed by atoms with van der Waals surface area (Å²) in [5.74, 6) is 2.06. The molecule has 142 valence electrons. The third-order valence-corrected chi connectivity index (χ3v) is 5.89. The number of likely N-dealkylation sites (tertiary alicyclic amines) is 1. The third kappa shape index (κ3) is 4.18. The molecule has 2 fully saturated rings. The second-order valence-corrected chi connectivity index (χ2v) is 7.85. The average Bonchev–Trinajstić information content (AvgIpc) is 3.33. The number of hydrogen-bond donors (Lipinski definition) is 1. The summed E-state index contributed by atoms with van der Waals surface area (Å²) in [6, 6.07) is 4.29. The molecule has 1 saturated heterocycles. The lowest BCUT2D eigenvalue weighted by Gasteiger charge is -2.31. The van der Waals surface area contributed by atoms with Gasteiger partial charge in [-0.3, -0.25) is 9.58 Å². The second kappa shape index (κ2) is 8.35. The Hall–Kier alpha value is -1.66. The highest BCUT2D eigenvalue weighted by Gasteiger charge is 2.25. The van der Waals surface area contributed by atoms with Crippen LogP contribution in [0.25, 0.3) is 0 Å². The molecular weight excluding hydrogens is 328 g/mol. The summed E-state index contributed by atoms with van der Waals surface area (Å²) in [5, 5.41) is 18.0. The summed E-state index contributed by atoms with van der Waals surface area (Å²) in [6.07, 6.45) is 10.9. The number of rotatable bonds is 6. The number of aliphatic hydroxyl groups excluding tert-OH is 1. The first-order valence-electron chi connectivity index (χ1n) is 10.1. The third-order valence-electron chi connectivity index (χ3n) is 5.89. The predicted molar refractivity (Wildman–Crippen MR) is 98.9 cm³/mol. The van der Waals surface area contributed by atoms with Gasteiger partial charge in [0.1, 0.15) is 0 Å². The van der Waals surface area contributed by atoms with Crippen molar-refractivity contribution in [2.45, 2.75) is 69.9 Å². The van der Waals surface area contributed by atoms with E-state index in [2.05, 4.69) is 27.3 Å². The first-order valence-corrected chi connectivity index (χ1v) is 10.1. The van der Waals surface area contributed by atoms with Gasteiger partial charge < -0.3 is 9.63 Å². The molecule has 2 aliphatic rings. The molecule has 1 aliphatic carbocycles. The largest absolute Gasteiger partial charge is 0.394 e. The highest BCUT2D eigenvalue weighted by molar-refractivity contribution is 5.12. The average molecular weight is 358 g/mol. The smallest absolute Gasteiger partial charge is 0.150 e. The van der Waals surface area contributed by atoms with E-state index in [1.807, 2.05) is 10.9 Å². The topological polar surface area (TPSA) is 67.3 Å². The van der Waals surface area contributed by atoms with Crippen LogP contribution < -0.4 is 0 Å². The van der Waals surface area contributed by atoms with Crippen LogP contribution in [0.5, 0.6) is 0 Å². The summed E-state index contributed by atoms with van der Waals surface area (Å²) < 4.78 is 7.49. The van der Waals surface area contributed by atoms with E-state index < -0.39 is 0 Å². The maximum atomic E-state index is 9.06. The van der Waals surface area contributed by atoms with Crippen molar-refractivity contribution < 1.29 is 9.63 Å². The van der Waals surface area contributed by atoms with Crippen LogP contribution in [0.3, 0.4) is 0 Å². The molecular formula is C20H30N4O2. The fourth-order valence-corrected chi connectivity index (χ4v) is 4.48. The molecule has 0 aromatic carbocycles. The molecule has 1 aliphatic heterocycles. The molecule has 1 atom stereocenters. The van der Waals surface area contributed by atoms with Gasteiger partial charge in [-0.05, 0) is 38.3 Å². The van der Waals surface area contributed by atoms with E-state index >= 15 is 0 Å². The maximum absolute atomic E-state index is 9.06. The maximum Gasteiger partial charge on any atom is 0.150 e. The lowest BCUT2D eigenvalue weighted by atomic mass is 9.87. The molecule has 0 radical (unpaired) electrons. The van der Waals surface area contributed by atoms with Gasteiger partial charge in [-0.1, -0.05) is 24.4 Å². The van der Waals surface area contributed by atoms with Gasteiger partial charge in [0.05, 0.1) is 31.1 Å². The molecule has 0 amide bonds. The van der Waals surface area contributed by atoms with Crippen molar-refractivity contribution in [3.63, 3.8) is 0 Å². The number of hydrogen-bond acceptors (Lipinski definition) is 5. The van der Waals surface area contributed by atoms with Gasteiger partial charge in [-0.15, -0.1) is 0 Å². The Kier molecular flexibility index (Phi) is 5.70. The summed E-state index contributed by atoms with van der Waals surface area (Å²) >= 11 is 0. The Labute approximate surface area is 155 Å². The Balaban J connectivity index is 1.35. The first-order chi connectivity index (χ1) is 12.8. The first kappa shape index (κ1) is 17.7. The Morgan fingerprint density at radius 3 is 2.77 bits per heavy atom. The number of aliphatic hydroxyl groups is 1. The van der Waals surface area contributed by atoms with Gasteiger partial charge in [-0.25, -0.2) is 0 Å². The molecule has 3 heterocycles. The number of aromatic nitrogens is 3. The fraction of sp³-hybridized carbons (Fsp3) is 0.700. The minimum Gasteiger partial charge on any atom is -0.394 e. The zero-order valence-electron chi connectivity index (χ0n) is 15.5. The van der Waals surface area contributed by atoms with Crippen LogP contribution >= 0.6 is 0 Å². The van der Waals surface area contributed by atoms with Crippen LogP contribution in [-0.2, 0) is 13.1 Å². The van der Waals surface area contributed by atoms with Gasteiger partial charge in [0, 0.05) is 30.6 Å². The van der Waals surface area contributed by atoms with Crippen LogP contribution in [0.2, 0.25) is 0 Å². The highest BCUT2D eigenvalue weighted by atomic mass is 16.5. The Bertz CT molecular complexity index is 690. The normalized spacial score (nSPS) is 22.7. The van der Waals surface area contributed by atoms with Gasteiger partial charge in [0.2, 0.25) is 0 Å². The van der Waals surface area contributed by atoms with Crippen molar-refractivity contribution in [1.29, 1.82) is 0 Å². The van der Waals surface area contributed by atoms with Crippen molar-refractivity contribution in [3.8, 4) is 0 Å². The van der Waals surface area contributed by atoms with Crippen molar-refractivity contribution in [3.05, 3.63) is 35.5 Å². The Morgan fingerprint density at radius 1 is 1.08 bits per heavy atom.